The first-order chi connectivity index (χ1) is 9.09. The lowest BCUT2D eigenvalue weighted by Gasteiger charge is -2.12. The molecular weight excluding hydrogens is 260 g/mol. The predicted molar refractivity (Wildman–Crippen MR) is 78.0 cm³/mol. The van der Waals surface area contributed by atoms with Gasteiger partial charge in [-0.1, -0.05) is 6.92 Å². The van der Waals surface area contributed by atoms with Crippen molar-refractivity contribution in [2.24, 2.45) is 0 Å². The zero-order valence-corrected chi connectivity index (χ0v) is 11.9. The van der Waals surface area contributed by atoms with Crippen molar-refractivity contribution in [2.75, 3.05) is 12.0 Å². The summed E-state index contributed by atoms with van der Waals surface area (Å²) in [6.07, 6.45) is 9.53. The molecule has 0 radical (unpaired) electrons. The highest BCUT2D eigenvalue weighted by atomic mass is 32.2. The highest BCUT2D eigenvalue weighted by Crippen LogP contribution is 2.24. The van der Waals surface area contributed by atoms with Crippen LogP contribution in [0.1, 0.15) is 13.3 Å². The van der Waals surface area contributed by atoms with Crippen molar-refractivity contribution < 1.29 is 4.21 Å². The maximum absolute atomic E-state index is 11.4. The van der Waals surface area contributed by atoms with Crippen molar-refractivity contribution in [1.29, 1.82) is 0 Å². The zero-order valence-electron chi connectivity index (χ0n) is 11.1. The lowest BCUT2D eigenvalue weighted by atomic mass is 10.2. The summed E-state index contributed by atoms with van der Waals surface area (Å²) in [6, 6.07) is 1.77. The van der Waals surface area contributed by atoms with Gasteiger partial charge in [-0.3, -0.25) is 9.19 Å². The molecular formula is C13H18N4OS. The molecule has 5 nitrogen and oxygen atoms in total. The van der Waals surface area contributed by atoms with Crippen molar-refractivity contribution in [3.63, 3.8) is 0 Å². The van der Waals surface area contributed by atoms with Crippen LogP contribution in [0, 0.1) is 0 Å². The number of nitrogens with two attached hydrogens (primary N) is 1. The second-order valence-corrected chi connectivity index (χ2v) is 6.34. The van der Waals surface area contributed by atoms with Crippen molar-refractivity contribution in [1.82, 2.24) is 14.5 Å². The van der Waals surface area contributed by atoms with E-state index in [0.717, 1.165) is 24.2 Å². The average molecular weight is 278 g/mol. The van der Waals surface area contributed by atoms with Gasteiger partial charge in [-0.25, -0.2) is 4.98 Å². The van der Waals surface area contributed by atoms with E-state index in [0.29, 0.717) is 5.69 Å². The van der Waals surface area contributed by atoms with Crippen LogP contribution in [-0.4, -0.2) is 30.2 Å². The summed E-state index contributed by atoms with van der Waals surface area (Å²) in [4.78, 5) is 8.26. The zero-order chi connectivity index (χ0) is 13.8. The van der Waals surface area contributed by atoms with E-state index in [-0.39, 0.29) is 5.25 Å². The molecule has 6 heteroatoms. The smallest absolute Gasteiger partial charge is 0.0950 e. The van der Waals surface area contributed by atoms with Gasteiger partial charge in [0.1, 0.15) is 0 Å². The number of anilines is 1. The number of pyridine rings is 1. The molecule has 2 rings (SSSR count). The van der Waals surface area contributed by atoms with Gasteiger partial charge < -0.3 is 10.3 Å². The van der Waals surface area contributed by atoms with Gasteiger partial charge in [0.25, 0.3) is 0 Å². The highest BCUT2D eigenvalue weighted by Gasteiger charge is 2.11. The van der Waals surface area contributed by atoms with E-state index in [4.69, 9.17) is 5.73 Å². The molecule has 0 amide bonds. The molecule has 0 saturated carbocycles. The molecule has 2 unspecified atom stereocenters. The SMILES string of the molecule is CC(CCn1cncc1-c1cnccc1N)S(C)=O. The molecule has 0 spiro atoms. The average Bonchev–Trinajstić information content (AvgIpc) is 2.84. The van der Waals surface area contributed by atoms with Gasteiger partial charge >= 0.3 is 0 Å². The van der Waals surface area contributed by atoms with E-state index in [1.165, 1.54) is 0 Å². The Hall–Kier alpha value is -1.69. The van der Waals surface area contributed by atoms with Gasteiger partial charge in [0.05, 0.1) is 18.2 Å². The summed E-state index contributed by atoms with van der Waals surface area (Å²) in [7, 11) is -0.798. The van der Waals surface area contributed by atoms with Crippen LogP contribution in [0.25, 0.3) is 11.3 Å². The third kappa shape index (κ3) is 3.20. The summed E-state index contributed by atoms with van der Waals surface area (Å²) >= 11 is 0. The van der Waals surface area contributed by atoms with Gasteiger partial charge in [0, 0.05) is 52.5 Å². The standard InChI is InChI=1S/C13H18N4OS/c1-10(19(2)18)4-6-17-9-16-8-13(17)11-7-15-5-3-12(11)14/h3,5,7-10H,4,6H2,1-2H3,(H2,14,15). The summed E-state index contributed by atoms with van der Waals surface area (Å²) in [5, 5.41) is 0.168. The lowest BCUT2D eigenvalue weighted by molar-refractivity contribution is 0.622. The fourth-order valence-corrected chi connectivity index (χ4v) is 2.27. The molecule has 2 heterocycles. The van der Waals surface area contributed by atoms with Crippen LogP contribution in [-0.2, 0) is 17.3 Å². The van der Waals surface area contributed by atoms with Crippen LogP contribution < -0.4 is 5.73 Å². The van der Waals surface area contributed by atoms with E-state index in [9.17, 15) is 4.21 Å². The predicted octanol–water partition coefficient (Wildman–Crippen LogP) is 1.68. The van der Waals surface area contributed by atoms with Gasteiger partial charge in [0.15, 0.2) is 0 Å². The van der Waals surface area contributed by atoms with Gasteiger partial charge in [-0.05, 0) is 12.5 Å². The van der Waals surface area contributed by atoms with E-state index in [1.54, 1.807) is 37.2 Å². The Bertz CT molecular complexity index is 582. The quantitative estimate of drug-likeness (QED) is 0.903. The lowest BCUT2D eigenvalue weighted by Crippen LogP contribution is -2.13. The number of aromatic nitrogens is 3. The Kier molecular flexibility index (Phi) is 4.31. The summed E-state index contributed by atoms with van der Waals surface area (Å²) in [5.74, 6) is 0. The van der Waals surface area contributed by atoms with Crippen LogP contribution in [0.4, 0.5) is 5.69 Å². The molecule has 2 N–H and O–H groups in total. The molecule has 0 aliphatic heterocycles. The van der Waals surface area contributed by atoms with Crippen LogP contribution in [0.2, 0.25) is 0 Å². The molecule has 0 aliphatic carbocycles. The molecule has 0 bridgehead atoms. The first-order valence-electron chi connectivity index (χ1n) is 6.12. The van der Waals surface area contributed by atoms with E-state index in [1.807, 2.05) is 11.5 Å². The number of aryl methyl sites for hydroxylation is 1. The van der Waals surface area contributed by atoms with Gasteiger partial charge in [0.2, 0.25) is 0 Å². The van der Waals surface area contributed by atoms with Crippen LogP contribution >= 0.6 is 0 Å². The third-order valence-corrected chi connectivity index (χ3v) is 4.56. The van der Waals surface area contributed by atoms with E-state index >= 15 is 0 Å². The summed E-state index contributed by atoms with van der Waals surface area (Å²) in [5.41, 5.74) is 8.46. The Morgan fingerprint density at radius 1 is 1.42 bits per heavy atom. The topological polar surface area (TPSA) is 73.8 Å². The van der Waals surface area contributed by atoms with Gasteiger partial charge in [-0.2, -0.15) is 0 Å². The van der Waals surface area contributed by atoms with Crippen LogP contribution in [0.3, 0.4) is 0 Å². The Morgan fingerprint density at radius 2 is 2.21 bits per heavy atom. The van der Waals surface area contributed by atoms with Crippen molar-refractivity contribution in [3.05, 3.63) is 31.0 Å². The molecule has 0 saturated heterocycles. The molecule has 2 aromatic rings. The Morgan fingerprint density at radius 3 is 2.89 bits per heavy atom. The normalized spacial score (nSPS) is 14.2. The first kappa shape index (κ1) is 13.7. The minimum Gasteiger partial charge on any atom is -0.398 e. The Labute approximate surface area is 115 Å². The monoisotopic (exact) mass is 278 g/mol. The molecule has 2 aromatic heterocycles. The number of rotatable bonds is 5. The first-order valence-corrected chi connectivity index (χ1v) is 7.74. The fourth-order valence-electron chi connectivity index (χ4n) is 1.83. The van der Waals surface area contributed by atoms with Crippen molar-refractivity contribution in [2.45, 2.75) is 25.1 Å². The molecule has 2 atom stereocenters. The number of hydrogen-bond donors (Lipinski definition) is 1. The number of hydrogen-bond acceptors (Lipinski definition) is 4. The molecule has 0 aromatic carbocycles. The van der Waals surface area contributed by atoms with E-state index < -0.39 is 10.8 Å². The molecule has 0 fully saturated rings. The summed E-state index contributed by atoms with van der Waals surface area (Å²) < 4.78 is 13.4. The molecule has 0 aliphatic rings. The van der Waals surface area contributed by atoms with Crippen molar-refractivity contribution >= 4 is 16.5 Å². The highest BCUT2D eigenvalue weighted by molar-refractivity contribution is 7.84. The Balaban J connectivity index is 2.19. The second kappa shape index (κ2) is 5.97. The van der Waals surface area contributed by atoms with Gasteiger partial charge in [-0.15, -0.1) is 0 Å². The maximum Gasteiger partial charge on any atom is 0.0950 e. The van der Waals surface area contributed by atoms with E-state index in [2.05, 4.69) is 9.97 Å². The van der Waals surface area contributed by atoms with Crippen LogP contribution in [0.5, 0.6) is 0 Å². The molecule has 102 valence electrons. The number of nitrogens with zero attached hydrogens (tertiary/aromatic N) is 3. The minimum absolute atomic E-state index is 0.168. The largest absolute Gasteiger partial charge is 0.398 e. The fraction of sp³-hybridized carbons (Fsp3) is 0.385. The minimum atomic E-state index is -0.798. The number of nitrogen functional groups attached to an aromatic ring is 1. The summed E-state index contributed by atoms with van der Waals surface area (Å²) in [6.45, 7) is 2.76. The third-order valence-electron chi connectivity index (χ3n) is 3.19. The van der Waals surface area contributed by atoms with Crippen molar-refractivity contribution in [3.8, 4) is 11.3 Å². The van der Waals surface area contributed by atoms with Crippen LogP contribution in [0.15, 0.2) is 31.0 Å². The molecule has 19 heavy (non-hydrogen) atoms. The second-order valence-electron chi connectivity index (χ2n) is 4.53. The maximum atomic E-state index is 11.4. The number of imidazole rings is 1.